The molecule has 11 heteroatoms. The molecule has 0 fully saturated rings. The molecule has 0 heterocycles. The summed E-state index contributed by atoms with van der Waals surface area (Å²) in [6.07, 6.45) is 14.0. The van der Waals surface area contributed by atoms with Gasteiger partial charge >= 0.3 is 0 Å². The molecule has 0 amide bonds. The van der Waals surface area contributed by atoms with E-state index in [2.05, 4.69) is 39.2 Å². The van der Waals surface area contributed by atoms with Crippen LogP contribution < -0.4 is 0 Å². The second-order valence-corrected chi connectivity index (χ2v) is 14.4. The summed E-state index contributed by atoms with van der Waals surface area (Å²) in [5, 5.41) is 0. The molecule has 0 spiro atoms. The van der Waals surface area contributed by atoms with E-state index in [4.69, 9.17) is 0 Å². The second-order valence-electron chi connectivity index (χ2n) is 4.12. The Labute approximate surface area is 331 Å². The maximum Gasteiger partial charge on any atom is 0 e. The van der Waals surface area contributed by atoms with Crippen LogP contribution in [0.1, 0.15) is 6.92 Å². The van der Waals surface area contributed by atoms with Crippen LogP contribution in [0.15, 0.2) is 0 Å². The van der Waals surface area contributed by atoms with Gasteiger partial charge in [-0.25, -0.2) is 0 Å². The zero-order valence-electron chi connectivity index (χ0n) is 13.3. The predicted octanol–water partition coefficient (Wildman–Crippen LogP) is 2.90. The Hall–Kier alpha value is 9.73. The molecule has 2 atom stereocenters. The topological polar surface area (TPSA) is 0 Å². The minimum Gasteiger partial charge on any atom is -0.121 e. The van der Waals surface area contributed by atoms with Gasteiger partial charge in [0, 0.05) is 262 Å². The fraction of sp³-hybridized carbons (Fsp3) is 0.667. The van der Waals surface area contributed by atoms with Crippen molar-refractivity contribution in [2.75, 3.05) is 31.3 Å². The van der Waals surface area contributed by atoms with Gasteiger partial charge in [0.2, 0.25) is 0 Å². The summed E-state index contributed by atoms with van der Waals surface area (Å²) in [6, 6.07) is 0. The molecule has 0 rings (SSSR count). The Morgan fingerprint density at radius 1 is 0.750 bits per heavy atom. The molecule has 0 bridgehead atoms. The molecule has 0 aliphatic rings. The number of hydrogen-bond acceptors (Lipinski definition) is 0. The first kappa shape index (κ1) is 57.1. The van der Waals surface area contributed by atoms with E-state index < -0.39 is 6.89 Å². The smallest absolute Gasteiger partial charge is 0 e. The summed E-state index contributed by atoms with van der Waals surface area (Å²) in [5.74, 6) is 2.70. The van der Waals surface area contributed by atoms with Crippen LogP contribution in [0.25, 0.3) is 0 Å². The zero-order chi connectivity index (χ0) is 9.78. The molecule has 0 aliphatic carbocycles. The van der Waals surface area contributed by atoms with Crippen molar-refractivity contribution in [3.63, 3.8) is 0 Å². The van der Waals surface area contributed by atoms with Crippen molar-refractivity contribution >= 4 is 40.9 Å². The fourth-order valence-electron chi connectivity index (χ4n) is 1.14. The van der Waals surface area contributed by atoms with Crippen molar-refractivity contribution < 1.29 is 262 Å². The Morgan fingerprint density at radius 3 is 1.25 bits per heavy atom. The van der Waals surface area contributed by atoms with Crippen LogP contribution in [-0.4, -0.2) is 50.2 Å². The van der Waals surface area contributed by atoms with E-state index in [-0.39, 0.29) is 277 Å². The van der Waals surface area contributed by atoms with E-state index >= 15 is 0 Å². The van der Waals surface area contributed by atoms with E-state index in [1.54, 1.807) is 0 Å². The first-order chi connectivity index (χ1) is 5.35. The molecule has 0 aromatic rings. The van der Waals surface area contributed by atoms with E-state index in [1.807, 2.05) is 0 Å². The summed E-state index contributed by atoms with van der Waals surface area (Å²) in [7, 11) is -0.616. The maximum absolute atomic E-state index is 4.29. The first-order valence-electron chi connectivity index (χ1n) is 4.36. The molecular formula is C9H23P3Y8. The Morgan fingerprint density at radius 2 is 1.05 bits per heavy atom. The van der Waals surface area contributed by atoms with E-state index in [0.717, 1.165) is 0 Å². The van der Waals surface area contributed by atoms with Gasteiger partial charge in [-0.1, -0.05) is 6.92 Å². The molecule has 0 saturated heterocycles. The van der Waals surface area contributed by atoms with Gasteiger partial charge < -0.3 is 0 Å². The van der Waals surface area contributed by atoms with Crippen LogP contribution in [0, 0.1) is 0 Å². The van der Waals surface area contributed by atoms with Gasteiger partial charge in [0.25, 0.3) is 0 Å². The van der Waals surface area contributed by atoms with Crippen LogP contribution in [-0.2, 0) is 262 Å². The molecule has 98 valence electrons. The van der Waals surface area contributed by atoms with Crippen molar-refractivity contribution in [2.45, 2.75) is 6.92 Å². The zero-order valence-corrected chi connectivity index (χ0v) is 38.9. The predicted molar refractivity (Wildman–Crippen MR) is 77.0 cm³/mol. The van der Waals surface area contributed by atoms with E-state index in [1.165, 1.54) is 18.0 Å². The average molecular weight is 935 g/mol. The standard InChI is InChI=1S/C9H23P3.8Y/c1-7-10(2)8-11(3)9-12(4,5)6;;;;;;;;/h10-11H,2-4,7-9H2,1,5-6H3;;;;;;;;. The van der Waals surface area contributed by atoms with Crippen molar-refractivity contribution in [1.82, 2.24) is 0 Å². The third-order valence-electron chi connectivity index (χ3n) is 1.65. The van der Waals surface area contributed by atoms with E-state index in [0.29, 0.717) is 0 Å². The fourth-order valence-corrected chi connectivity index (χ4v) is 11.3. The van der Waals surface area contributed by atoms with Crippen LogP contribution in [0.4, 0.5) is 0 Å². The van der Waals surface area contributed by atoms with Crippen molar-refractivity contribution in [2.24, 2.45) is 0 Å². The molecule has 0 aliphatic heterocycles. The summed E-state index contributed by atoms with van der Waals surface area (Å²) >= 11 is 0. The monoisotopic (exact) mass is 935 g/mol. The third kappa shape index (κ3) is 46.1. The molecule has 0 nitrogen and oxygen atoms in total. The van der Waals surface area contributed by atoms with Crippen LogP contribution >= 0.6 is 22.0 Å². The third-order valence-corrected chi connectivity index (χ3v) is 11.9. The van der Waals surface area contributed by atoms with Crippen molar-refractivity contribution in [1.29, 1.82) is 0 Å². The van der Waals surface area contributed by atoms with Crippen LogP contribution in [0.3, 0.4) is 0 Å². The molecule has 0 aromatic carbocycles. The Balaban J connectivity index is -0.0000000216. The normalized spacial score (nSPS) is 10.3. The molecule has 0 aromatic heterocycles. The first-order valence-corrected chi connectivity index (χ1v) is 11.7. The summed E-state index contributed by atoms with van der Waals surface area (Å²) in [6.45, 7) is 6.05. The molecule has 8 radical (unpaired) electrons. The number of rotatable bonds is 5. The minimum absolute atomic E-state index is 0. The van der Waals surface area contributed by atoms with Gasteiger partial charge in [-0.05, 0) is 31.3 Å². The van der Waals surface area contributed by atoms with E-state index in [9.17, 15) is 0 Å². The summed E-state index contributed by atoms with van der Waals surface area (Å²) < 4.78 is 0. The van der Waals surface area contributed by atoms with Gasteiger partial charge in [0.05, 0.1) is 0 Å². The van der Waals surface area contributed by atoms with Crippen LogP contribution in [0.2, 0.25) is 0 Å². The maximum atomic E-state index is 4.29. The number of hydrogen-bond donors (Lipinski definition) is 0. The molecule has 2 unspecified atom stereocenters. The average Bonchev–Trinajstić information content (AvgIpc) is 1.82. The van der Waals surface area contributed by atoms with Crippen molar-refractivity contribution in [3.05, 3.63) is 0 Å². The molecular weight excluding hydrogens is 912 g/mol. The van der Waals surface area contributed by atoms with Gasteiger partial charge in [0.1, 0.15) is 0 Å². The SMILES string of the molecule is C=[PH](CC)C[PH](=C)CP(=C)(C)C.[Y].[Y].[Y].[Y].[Y].[Y].[Y].[Y]. The Kier molecular flexibility index (Phi) is 103. The molecule has 20 heavy (non-hydrogen) atoms. The van der Waals surface area contributed by atoms with Crippen molar-refractivity contribution in [3.8, 4) is 0 Å². The van der Waals surface area contributed by atoms with Gasteiger partial charge in [-0.2, -0.15) is 0 Å². The second kappa shape index (κ2) is 36.1. The van der Waals surface area contributed by atoms with Gasteiger partial charge in [0.15, 0.2) is 0 Å². The Bertz CT molecular complexity index is 241. The summed E-state index contributed by atoms with van der Waals surface area (Å²) in [4.78, 5) is 0. The molecule has 0 N–H and O–H groups in total. The quantitative estimate of drug-likeness (QED) is 0.373. The van der Waals surface area contributed by atoms with Gasteiger partial charge in [-0.15, -0.1) is 40.9 Å². The van der Waals surface area contributed by atoms with Crippen LogP contribution in [0.5, 0.6) is 0 Å². The molecule has 0 saturated carbocycles. The minimum atomic E-state index is -0.817. The van der Waals surface area contributed by atoms with Gasteiger partial charge in [-0.3, -0.25) is 0 Å². The summed E-state index contributed by atoms with van der Waals surface area (Å²) in [5.41, 5.74) is 0. The largest absolute Gasteiger partial charge is 0.121 e.